The lowest BCUT2D eigenvalue weighted by Crippen LogP contribution is -2.15. The molecule has 0 heterocycles. The van der Waals surface area contributed by atoms with Gasteiger partial charge in [-0.3, -0.25) is 0 Å². The molecule has 0 spiro atoms. The summed E-state index contributed by atoms with van der Waals surface area (Å²) < 4.78 is 24.2. The van der Waals surface area contributed by atoms with E-state index < -0.39 is 9.84 Å². The summed E-state index contributed by atoms with van der Waals surface area (Å²) in [4.78, 5) is 0.242. The Morgan fingerprint density at radius 3 is 2.25 bits per heavy atom. The SMILES string of the molecule is N#Cc1ccc(S(=O)(=O)CCNc2ccccc2)cc1. The molecular formula is C15H14N2O2S. The second-order valence-electron chi connectivity index (χ2n) is 4.25. The van der Waals surface area contributed by atoms with Crippen LogP contribution in [-0.2, 0) is 9.84 Å². The van der Waals surface area contributed by atoms with E-state index in [4.69, 9.17) is 5.26 Å². The zero-order valence-corrected chi connectivity index (χ0v) is 11.6. The molecule has 0 aliphatic carbocycles. The van der Waals surface area contributed by atoms with Crippen molar-refractivity contribution < 1.29 is 8.42 Å². The number of sulfone groups is 1. The van der Waals surface area contributed by atoms with Crippen LogP contribution in [0.25, 0.3) is 0 Å². The minimum Gasteiger partial charge on any atom is -0.384 e. The van der Waals surface area contributed by atoms with Gasteiger partial charge < -0.3 is 5.32 Å². The topological polar surface area (TPSA) is 70.0 Å². The van der Waals surface area contributed by atoms with E-state index in [-0.39, 0.29) is 10.6 Å². The molecule has 0 aliphatic rings. The number of rotatable bonds is 5. The first-order chi connectivity index (χ1) is 9.62. The van der Waals surface area contributed by atoms with Gasteiger partial charge in [-0.2, -0.15) is 5.26 Å². The number of hydrogen-bond acceptors (Lipinski definition) is 4. The quantitative estimate of drug-likeness (QED) is 0.916. The third-order valence-electron chi connectivity index (χ3n) is 2.82. The smallest absolute Gasteiger partial charge is 0.180 e. The van der Waals surface area contributed by atoms with Gasteiger partial charge in [0.25, 0.3) is 0 Å². The lowest BCUT2D eigenvalue weighted by Gasteiger charge is -2.07. The highest BCUT2D eigenvalue weighted by atomic mass is 32.2. The number of nitrogens with zero attached hydrogens (tertiary/aromatic N) is 1. The number of nitriles is 1. The van der Waals surface area contributed by atoms with Crippen molar-refractivity contribution in [2.45, 2.75) is 4.90 Å². The Kier molecular flexibility index (Phi) is 4.38. The van der Waals surface area contributed by atoms with E-state index in [1.807, 2.05) is 36.4 Å². The van der Waals surface area contributed by atoms with Crippen LogP contribution in [0.5, 0.6) is 0 Å². The van der Waals surface area contributed by atoms with E-state index in [1.165, 1.54) is 24.3 Å². The first-order valence-corrected chi connectivity index (χ1v) is 7.79. The van der Waals surface area contributed by atoms with Gasteiger partial charge in [-0.05, 0) is 36.4 Å². The molecule has 0 radical (unpaired) electrons. The number of hydrogen-bond donors (Lipinski definition) is 1. The minimum absolute atomic E-state index is 0.00773. The Hall–Kier alpha value is -2.32. The van der Waals surface area contributed by atoms with Crippen molar-refractivity contribution >= 4 is 15.5 Å². The summed E-state index contributed by atoms with van der Waals surface area (Å²) >= 11 is 0. The lowest BCUT2D eigenvalue weighted by molar-refractivity contribution is 0.596. The van der Waals surface area contributed by atoms with Gasteiger partial charge in [0.05, 0.1) is 22.3 Å². The lowest BCUT2D eigenvalue weighted by atomic mass is 10.2. The predicted octanol–water partition coefficient (Wildman–Crippen LogP) is 2.44. The number of anilines is 1. The summed E-state index contributed by atoms with van der Waals surface area (Å²) in [6.45, 7) is 0.340. The highest BCUT2D eigenvalue weighted by Crippen LogP contribution is 2.12. The summed E-state index contributed by atoms with van der Waals surface area (Å²) in [6, 6.07) is 17.4. The van der Waals surface area contributed by atoms with Crippen molar-refractivity contribution in [2.75, 3.05) is 17.6 Å². The Labute approximate surface area is 118 Å². The van der Waals surface area contributed by atoms with E-state index in [1.54, 1.807) is 0 Å². The predicted molar refractivity (Wildman–Crippen MR) is 78.1 cm³/mol. The molecule has 0 saturated carbocycles. The fourth-order valence-corrected chi connectivity index (χ4v) is 2.90. The maximum Gasteiger partial charge on any atom is 0.180 e. The van der Waals surface area contributed by atoms with Crippen LogP contribution in [-0.4, -0.2) is 20.7 Å². The van der Waals surface area contributed by atoms with Crippen molar-refractivity contribution in [1.82, 2.24) is 0 Å². The van der Waals surface area contributed by atoms with Crippen molar-refractivity contribution in [3.05, 3.63) is 60.2 Å². The highest BCUT2D eigenvalue weighted by Gasteiger charge is 2.13. The summed E-state index contributed by atoms with van der Waals surface area (Å²) in [7, 11) is -3.33. The second kappa shape index (κ2) is 6.22. The molecule has 4 nitrogen and oxygen atoms in total. The summed E-state index contributed by atoms with van der Waals surface area (Å²) in [5.74, 6) is 0.00773. The maximum atomic E-state index is 12.1. The van der Waals surface area contributed by atoms with Gasteiger partial charge in [-0.1, -0.05) is 18.2 Å². The first kappa shape index (κ1) is 14.1. The van der Waals surface area contributed by atoms with Crippen LogP contribution < -0.4 is 5.32 Å². The normalized spacial score (nSPS) is 10.8. The van der Waals surface area contributed by atoms with Crippen molar-refractivity contribution in [2.24, 2.45) is 0 Å². The van der Waals surface area contributed by atoms with Crippen molar-refractivity contribution in [3.63, 3.8) is 0 Å². The number of para-hydroxylation sites is 1. The van der Waals surface area contributed by atoms with E-state index in [2.05, 4.69) is 5.32 Å². The molecule has 2 aromatic rings. The van der Waals surface area contributed by atoms with Crippen molar-refractivity contribution in [3.8, 4) is 6.07 Å². The summed E-state index contributed by atoms with van der Waals surface area (Å²) in [5.41, 5.74) is 1.34. The van der Waals surface area contributed by atoms with Crippen LogP contribution in [0.1, 0.15) is 5.56 Å². The number of benzene rings is 2. The molecule has 0 fully saturated rings. The molecule has 102 valence electrons. The molecule has 0 atom stereocenters. The molecule has 20 heavy (non-hydrogen) atoms. The van der Waals surface area contributed by atoms with Gasteiger partial charge in [0.15, 0.2) is 9.84 Å². The summed E-state index contributed by atoms with van der Waals surface area (Å²) in [6.07, 6.45) is 0. The van der Waals surface area contributed by atoms with Gasteiger partial charge in [0, 0.05) is 12.2 Å². The van der Waals surface area contributed by atoms with Gasteiger partial charge in [-0.25, -0.2) is 8.42 Å². The van der Waals surface area contributed by atoms with Gasteiger partial charge in [0.1, 0.15) is 0 Å². The van der Waals surface area contributed by atoms with Crippen LogP contribution in [0, 0.1) is 11.3 Å². The summed E-state index contributed by atoms with van der Waals surface area (Å²) in [5, 5.41) is 11.8. The zero-order chi connectivity index (χ0) is 14.4. The second-order valence-corrected chi connectivity index (χ2v) is 6.36. The van der Waals surface area contributed by atoms with Crippen LogP contribution in [0.2, 0.25) is 0 Å². The van der Waals surface area contributed by atoms with E-state index in [0.29, 0.717) is 12.1 Å². The van der Waals surface area contributed by atoms with Gasteiger partial charge >= 0.3 is 0 Å². The molecule has 2 aromatic carbocycles. The first-order valence-electron chi connectivity index (χ1n) is 6.14. The average Bonchev–Trinajstić information content (AvgIpc) is 2.48. The zero-order valence-electron chi connectivity index (χ0n) is 10.8. The highest BCUT2D eigenvalue weighted by molar-refractivity contribution is 7.91. The van der Waals surface area contributed by atoms with Gasteiger partial charge in [0.2, 0.25) is 0 Å². The Morgan fingerprint density at radius 1 is 1.00 bits per heavy atom. The van der Waals surface area contributed by atoms with Crippen LogP contribution >= 0.6 is 0 Å². The van der Waals surface area contributed by atoms with Crippen LogP contribution in [0.15, 0.2) is 59.5 Å². The third kappa shape index (κ3) is 3.59. The van der Waals surface area contributed by atoms with Crippen LogP contribution in [0.4, 0.5) is 5.69 Å². The van der Waals surface area contributed by atoms with Crippen LogP contribution in [0.3, 0.4) is 0 Å². The molecule has 0 aliphatic heterocycles. The molecule has 1 N–H and O–H groups in total. The largest absolute Gasteiger partial charge is 0.384 e. The molecule has 0 aromatic heterocycles. The van der Waals surface area contributed by atoms with E-state index >= 15 is 0 Å². The molecular weight excluding hydrogens is 272 g/mol. The molecule has 2 rings (SSSR count). The Bertz CT molecular complexity index is 702. The molecule has 5 heteroatoms. The average molecular weight is 286 g/mol. The molecule has 0 amide bonds. The Balaban J connectivity index is 1.99. The van der Waals surface area contributed by atoms with E-state index in [9.17, 15) is 8.42 Å². The van der Waals surface area contributed by atoms with E-state index in [0.717, 1.165) is 5.69 Å². The standard InChI is InChI=1S/C15H14N2O2S/c16-12-13-6-8-15(9-7-13)20(18,19)11-10-17-14-4-2-1-3-5-14/h1-9,17H,10-11H2. The molecule has 0 saturated heterocycles. The Morgan fingerprint density at radius 2 is 1.65 bits per heavy atom. The number of nitrogens with one attached hydrogen (secondary N) is 1. The maximum absolute atomic E-state index is 12.1. The van der Waals surface area contributed by atoms with Crippen molar-refractivity contribution in [1.29, 1.82) is 5.26 Å². The van der Waals surface area contributed by atoms with Gasteiger partial charge in [-0.15, -0.1) is 0 Å². The fraction of sp³-hybridized carbons (Fsp3) is 0.133. The fourth-order valence-electron chi connectivity index (χ4n) is 1.74. The third-order valence-corrected chi connectivity index (χ3v) is 4.55. The monoisotopic (exact) mass is 286 g/mol. The molecule has 0 unspecified atom stereocenters. The molecule has 0 bridgehead atoms. The minimum atomic E-state index is -3.33.